The summed E-state index contributed by atoms with van der Waals surface area (Å²) < 4.78 is 16.7. The molecule has 1 amide bonds. The van der Waals surface area contributed by atoms with Crippen LogP contribution in [0.25, 0.3) is 0 Å². The van der Waals surface area contributed by atoms with E-state index in [0.29, 0.717) is 31.2 Å². The molecule has 1 unspecified atom stereocenters. The maximum absolute atomic E-state index is 12.0. The summed E-state index contributed by atoms with van der Waals surface area (Å²) in [4.78, 5) is 12.0. The molecule has 1 heterocycles. The number of amides is 1. The Hall–Kier alpha value is -1.02. The number of rotatable bonds is 5. The van der Waals surface area contributed by atoms with Gasteiger partial charge in [0.2, 0.25) is 0 Å². The predicted molar refractivity (Wildman–Crippen MR) is 89.0 cm³/mol. The van der Waals surface area contributed by atoms with Gasteiger partial charge in [-0.1, -0.05) is 0 Å². The van der Waals surface area contributed by atoms with Crippen molar-refractivity contribution in [3.05, 3.63) is 22.2 Å². The summed E-state index contributed by atoms with van der Waals surface area (Å²) in [7, 11) is 3.16. The van der Waals surface area contributed by atoms with E-state index in [9.17, 15) is 4.79 Å². The second kappa shape index (κ2) is 9.19. The Bertz CT molecular complexity index is 510. The van der Waals surface area contributed by atoms with Gasteiger partial charge in [-0.25, -0.2) is 0 Å². The number of carbonyl (C=O) groups excluding carboxylic acids is 1. The molecule has 2 N–H and O–H groups in total. The minimum Gasteiger partial charge on any atom is -0.493 e. The molecule has 124 valence electrons. The maximum Gasteiger partial charge on any atom is 0.250 e. The highest BCUT2D eigenvalue weighted by atomic mass is 79.9. The Labute approximate surface area is 144 Å². The predicted octanol–water partition coefficient (Wildman–Crippen LogP) is 1.49. The summed E-state index contributed by atoms with van der Waals surface area (Å²) in [5.41, 5.74) is 0.914. The summed E-state index contributed by atoms with van der Waals surface area (Å²) in [6, 6.07) is 3.73. The van der Waals surface area contributed by atoms with E-state index < -0.39 is 6.10 Å². The van der Waals surface area contributed by atoms with Crippen molar-refractivity contribution in [3.63, 3.8) is 0 Å². The minimum atomic E-state index is -0.428. The highest BCUT2D eigenvalue weighted by Crippen LogP contribution is 2.36. The average Bonchev–Trinajstić information content (AvgIpc) is 2.52. The second-order valence-corrected chi connectivity index (χ2v) is 5.45. The summed E-state index contributed by atoms with van der Waals surface area (Å²) >= 11 is 3.43. The van der Waals surface area contributed by atoms with Gasteiger partial charge in [0.05, 0.1) is 25.3 Å². The van der Waals surface area contributed by atoms with Crippen molar-refractivity contribution in [3.8, 4) is 11.5 Å². The van der Waals surface area contributed by atoms with Crippen molar-refractivity contribution in [2.45, 2.75) is 12.6 Å². The minimum absolute atomic E-state index is 0. The van der Waals surface area contributed by atoms with E-state index in [0.717, 1.165) is 16.6 Å². The molecule has 0 bridgehead atoms. The molecule has 2 rings (SSSR count). The first-order valence-corrected chi connectivity index (χ1v) is 7.45. The third kappa shape index (κ3) is 4.74. The van der Waals surface area contributed by atoms with Crippen LogP contribution in [-0.2, 0) is 16.1 Å². The van der Waals surface area contributed by atoms with Gasteiger partial charge < -0.3 is 24.8 Å². The zero-order chi connectivity index (χ0) is 15.2. The number of morpholine rings is 1. The van der Waals surface area contributed by atoms with Gasteiger partial charge in [0.1, 0.15) is 6.10 Å². The van der Waals surface area contributed by atoms with Crippen LogP contribution in [-0.4, -0.2) is 45.9 Å². The largest absolute Gasteiger partial charge is 0.493 e. The Kier molecular flexibility index (Phi) is 7.95. The molecule has 1 aliphatic heterocycles. The van der Waals surface area contributed by atoms with Crippen molar-refractivity contribution in [2.24, 2.45) is 0 Å². The molecular formula is C14H20BrClN2O4. The molecule has 1 aliphatic rings. The zero-order valence-electron chi connectivity index (χ0n) is 12.5. The molecule has 22 heavy (non-hydrogen) atoms. The zero-order valence-corrected chi connectivity index (χ0v) is 14.9. The third-order valence-electron chi connectivity index (χ3n) is 3.18. The van der Waals surface area contributed by atoms with Crippen LogP contribution in [0.3, 0.4) is 0 Å². The van der Waals surface area contributed by atoms with Gasteiger partial charge in [-0.3, -0.25) is 4.79 Å². The van der Waals surface area contributed by atoms with Crippen LogP contribution >= 0.6 is 28.3 Å². The monoisotopic (exact) mass is 394 g/mol. The van der Waals surface area contributed by atoms with E-state index in [1.165, 1.54) is 0 Å². The lowest BCUT2D eigenvalue weighted by molar-refractivity contribution is -0.134. The van der Waals surface area contributed by atoms with Crippen LogP contribution in [0.4, 0.5) is 0 Å². The first-order valence-electron chi connectivity index (χ1n) is 6.66. The fraction of sp³-hybridized carbons (Fsp3) is 0.500. The molecule has 1 aromatic carbocycles. The van der Waals surface area contributed by atoms with Crippen molar-refractivity contribution in [2.75, 3.05) is 33.9 Å². The molecule has 1 fully saturated rings. The quantitative estimate of drug-likeness (QED) is 0.791. The van der Waals surface area contributed by atoms with Crippen molar-refractivity contribution >= 4 is 34.2 Å². The van der Waals surface area contributed by atoms with Crippen LogP contribution in [0.15, 0.2) is 16.6 Å². The number of halogens is 2. The fourth-order valence-electron chi connectivity index (χ4n) is 2.11. The van der Waals surface area contributed by atoms with Crippen LogP contribution < -0.4 is 20.1 Å². The maximum atomic E-state index is 12.0. The van der Waals surface area contributed by atoms with E-state index >= 15 is 0 Å². The van der Waals surface area contributed by atoms with E-state index in [-0.39, 0.29) is 18.3 Å². The van der Waals surface area contributed by atoms with Gasteiger partial charge in [0, 0.05) is 19.6 Å². The molecule has 8 heteroatoms. The Balaban J connectivity index is 0.00000242. The summed E-state index contributed by atoms with van der Waals surface area (Å²) in [5, 5.41) is 5.99. The van der Waals surface area contributed by atoms with Gasteiger partial charge in [-0.15, -0.1) is 12.4 Å². The lowest BCUT2D eigenvalue weighted by Crippen LogP contribution is -2.47. The molecule has 0 aliphatic carbocycles. The van der Waals surface area contributed by atoms with Crippen LogP contribution in [0.1, 0.15) is 5.56 Å². The van der Waals surface area contributed by atoms with E-state index in [2.05, 4.69) is 26.6 Å². The third-order valence-corrected chi connectivity index (χ3v) is 3.77. The fourth-order valence-corrected chi connectivity index (χ4v) is 2.76. The molecule has 6 nitrogen and oxygen atoms in total. The number of benzene rings is 1. The molecular weight excluding hydrogens is 376 g/mol. The number of methoxy groups -OCH3 is 2. The van der Waals surface area contributed by atoms with E-state index in [1.807, 2.05) is 12.1 Å². The molecule has 1 aromatic rings. The van der Waals surface area contributed by atoms with Gasteiger partial charge in [-0.05, 0) is 33.6 Å². The number of nitrogens with one attached hydrogen (secondary N) is 2. The van der Waals surface area contributed by atoms with Crippen LogP contribution in [0.2, 0.25) is 0 Å². The molecule has 0 saturated carbocycles. The molecule has 1 saturated heterocycles. The SMILES string of the molecule is COc1cc(CNC(=O)C2CNCCO2)cc(Br)c1OC.Cl. The average molecular weight is 396 g/mol. The van der Waals surface area contributed by atoms with Crippen molar-refractivity contribution < 1.29 is 19.0 Å². The Morgan fingerprint density at radius 3 is 2.82 bits per heavy atom. The second-order valence-electron chi connectivity index (χ2n) is 4.59. The van der Waals surface area contributed by atoms with Crippen molar-refractivity contribution in [1.29, 1.82) is 0 Å². The summed E-state index contributed by atoms with van der Waals surface area (Å²) in [5.74, 6) is 1.13. The summed E-state index contributed by atoms with van der Waals surface area (Å²) in [6.45, 7) is 2.28. The smallest absolute Gasteiger partial charge is 0.250 e. The van der Waals surface area contributed by atoms with Crippen LogP contribution in [0, 0.1) is 0 Å². The lowest BCUT2D eigenvalue weighted by Gasteiger charge is -2.22. The Morgan fingerprint density at radius 1 is 1.45 bits per heavy atom. The highest BCUT2D eigenvalue weighted by molar-refractivity contribution is 9.10. The van der Waals surface area contributed by atoms with Crippen molar-refractivity contribution in [1.82, 2.24) is 10.6 Å². The van der Waals surface area contributed by atoms with Gasteiger partial charge >= 0.3 is 0 Å². The molecule has 1 atom stereocenters. The number of ether oxygens (including phenoxy) is 3. The molecule has 0 aromatic heterocycles. The first kappa shape index (κ1) is 19.0. The van der Waals surface area contributed by atoms with Crippen LogP contribution in [0.5, 0.6) is 11.5 Å². The number of hydrogen-bond acceptors (Lipinski definition) is 5. The molecule has 0 radical (unpaired) electrons. The number of hydrogen-bond donors (Lipinski definition) is 2. The highest BCUT2D eigenvalue weighted by Gasteiger charge is 2.21. The van der Waals surface area contributed by atoms with Gasteiger partial charge in [0.25, 0.3) is 5.91 Å². The first-order chi connectivity index (χ1) is 10.2. The van der Waals surface area contributed by atoms with Gasteiger partial charge in [0.15, 0.2) is 11.5 Å². The lowest BCUT2D eigenvalue weighted by atomic mass is 10.2. The van der Waals surface area contributed by atoms with E-state index in [1.54, 1.807) is 14.2 Å². The number of carbonyl (C=O) groups is 1. The summed E-state index contributed by atoms with van der Waals surface area (Å²) in [6.07, 6.45) is -0.428. The Morgan fingerprint density at radius 2 is 2.23 bits per heavy atom. The van der Waals surface area contributed by atoms with E-state index in [4.69, 9.17) is 14.2 Å². The molecule has 0 spiro atoms. The normalized spacial score (nSPS) is 17.3. The standard InChI is InChI=1S/C14H19BrN2O4.ClH/c1-19-11-6-9(5-10(15)13(11)20-2)7-17-14(18)12-8-16-3-4-21-12;/h5-6,12,16H,3-4,7-8H2,1-2H3,(H,17,18);1H. The topological polar surface area (TPSA) is 68.8 Å². The van der Waals surface area contributed by atoms with Gasteiger partial charge in [-0.2, -0.15) is 0 Å².